The summed E-state index contributed by atoms with van der Waals surface area (Å²) in [6.07, 6.45) is -0.267. The van der Waals surface area contributed by atoms with Gasteiger partial charge in [0, 0.05) is 11.6 Å². The van der Waals surface area contributed by atoms with Gasteiger partial charge in [-0.1, -0.05) is 39.0 Å². The van der Waals surface area contributed by atoms with Crippen molar-refractivity contribution in [2.75, 3.05) is 0 Å². The average Bonchev–Trinajstić information content (AvgIpc) is 2.16. The van der Waals surface area contributed by atoms with Crippen LogP contribution in [0.5, 0.6) is 5.75 Å². The molecule has 0 aliphatic rings. The summed E-state index contributed by atoms with van der Waals surface area (Å²) in [6, 6.07) is 6.70. The average molecular weight is 260 g/mol. The van der Waals surface area contributed by atoms with Crippen molar-refractivity contribution < 1.29 is 10.2 Å². The molecule has 0 heterocycles. The van der Waals surface area contributed by atoms with Crippen molar-refractivity contribution in [3.63, 3.8) is 0 Å². The smallest absolute Gasteiger partial charge is 0.121 e. The van der Waals surface area contributed by atoms with E-state index in [1.165, 1.54) is 0 Å². The first kappa shape index (κ1) is 16.2. The molecule has 0 bridgehead atoms. The molecule has 0 amide bonds. The maximum atomic E-state index is 10.00. The van der Waals surface area contributed by atoms with Crippen molar-refractivity contribution in [1.82, 2.24) is 0 Å². The number of halogens is 1. The Balaban J connectivity index is 0.00000256. The van der Waals surface area contributed by atoms with Crippen LogP contribution in [-0.2, 0) is 0 Å². The van der Waals surface area contributed by atoms with Crippen LogP contribution in [-0.4, -0.2) is 16.3 Å². The third-order valence-corrected chi connectivity index (χ3v) is 2.89. The van der Waals surface area contributed by atoms with Gasteiger partial charge >= 0.3 is 0 Å². The molecule has 0 unspecified atom stereocenters. The van der Waals surface area contributed by atoms with E-state index in [2.05, 4.69) is 0 Å². The predicted molar refractivity (Wildman–Crippen MR) is 72.4 cm³/mol. The molecule has 0 aromatic heterocycles. The molecule has 1 rings (SSSR count). The Labute approximate surface area is 109 Å². The summed E-state index contributed by atoms with van der Waals surface area (Å²) in [5, 5.41) is 19.6. The van der Waals surface area contributed by atoms with Crippen molar-refractivity contribution in [3.05, 3.63) is 29.8 Å². The van der Waals surface area contributed by atoms with E-state index in [9.17, 15) is 10.2 Å². The number of aliphatic hydroxyl groups excluding tert-OH is 1. The number of phenolic OH excluding ortho intramolecular Hbond substituents is 1. The SMILES string of the molecule is CC(C)(C)[C@H](N)C[C@H](O)c1ccccc1O.Cl. The van der Waals surface area contributed by atoms with Gasteiger partial charge in [0.05, 0.1) is 6.10 Å². The van der Waals surface area contributed by atoms with Crippen molar-refractivity contribution in [1.29, 1.82) is 0 Å². The largest absolute Gasteiger partial charge is 0.508 e. The molecule has 0 saturated carbocycles. The highest BCUT2D eigenvalue weighted by atomic mass is 35.5. The van der Waals surface area contributed by atoms with Crippen LogP contribution in [0.1, 0.15) is 38.9 Å². The molecule has 2 atom stereocenters. The Morgan fingerprint density at radius 2 is 1.76 bits per heavy atom. The number of benzene rings is 1. The first-order chi connectivity index (χ1) is 7.32. The van der Waals surface area contributed by atoms with Crippen molar-refractivity contribution in [2.45, 2.75) is 39.3 Å². The normalized spacial score (nSPS) is 14.9. The molecule has 1 aromatic rings. The summed E-state index contributed by atoms with van der Waals surface area (Å²) in [6.45, 7) is 6.11. The van der Waals surface area contributed by atoms with Gasteiger partial charge in [0.1, 0.15) is 5.75 Å². The monoisotopic (exact) mass is 259 g/mol. The quantitative estimate of drug-likeness (QED) is 0.782. The number of rotatable bonds is 3. The summed E-state index contributed by atoms with van der Waals surface area (Å²) in [5.41, 5.74) is 6.49. The summed E-state index contributed by atoms with van der Waals surface area (Å²) >= 11 is 0. The van der Waals surface area contributed by atoms with E-state index in [1.54, 1.807) is 24.3 Å². The van der Waals surface area contributed by atoms with Gasteiger partial charge in [-0.2, -0.15) is 0 Å². The van der Waals surface area contributed by atoms with E-state index >= 15 is 0 Å². The van der Waals surface area contributed by atoms with Crippen LogP contribution in [0, 0.1) is 5.41 Å². The molecular formula is C13H22ClNO2. The van der Waals surface area contributed by atoms with Crippen molar-refractivity contribution >= 4 is 12.4 Å². The fraction of sp³-hybridized carbons (Fsp3) is 0.538. The number of aliphatic hydroxyl groups is 1. The maximum absolute atomic E-state index is 10.00. The molecule has 4 heteroatoms. The molecule has 0 aliphatic heterocycles. The van der Waals surface area contributed by atoms with Crippen LogP contribution >= 0.6 is 12.4 Å². The molecule has 0 saturated heterocycles. The van der Waals surface area contributed by atoms with E-state index in [4.69, 9.17) is 5.73 Å². The van der Waals surface area contributed by atoms with Gasteiger partial charge in [0.25, 0.3) is 0 Å². The molecular weight excluding hydrogens is 238 g/mol. The number of aromatic hydroxyl groups is 1. The van der Waals surface area contributed by atoms with Crippen LogP contribution < -0.4 is 5.73 Å². The van der Waals surface area contributed by atoms with Crippen LogP contribution in [0.15, 0.2) is 24.3 Å². The second-order valence-corrected chi connectivity index (χ2v) is 5.28. The molecule has 3 nitrogen and oxygen atoms in total. The summed E-state index contributed by atoms with van der Waals surface area (Å²) < 4.78 is 0. The number of phenols is 1. The van der Waals surface area contributed by atoms with Gasteiger partial charge in [-0.05, 0) is 17.9 Å². The third-order valence-electron chi connectivity index (χ3n) is 2.89. The summed E-state index contributed by atoms with van der Waals surface area (Å²) in [7, 11) is 0. The predicted octanol–water partition coefficient (Wildman–Crippen LogP) is 2.61. The lowest BCUT2D eigenvalue weighted by atomic mass is 9.83. The highest BCUT2D eigenvalue weighted by Gasteiger charge is 2.24. The molecule has 0 radical (unpaired) electrons. The molecule has 0 fully saturated rings. The second-order valence-electron chi connectivity index (χ2n) is 5.28. The maximum Gasteiger partial charge on any atom is 0.121 e. The summed E-state index contributed by atoms with van der Waals surface area (Å²) in [4.78, 5) is 0. The van der Waals surface area contributed by atoms with Gasteiger partial charge < -0.3 is 15.9 Å². The number of para-hydroxylation sites is 1. The minimum atomic E-state index is -0.713. The van der Waals surface area contributed by atoms with Gasteiger partial charge in [0.15, 0.2) is 0 Å². The Bertz CT molecular complexity index is 350. The van der Waals surface area contributed by atoms with Crippen LogP contribution in [0.2, 0.25) is 0 Å². The summed E-state index contributed by atoms with van der Waals surface area (Å²) in [5.74, 6) is 0.121. The topological polar surface area (TPSA) is 66.5 Å². The fourth-order valence-electron chi connectivity index (χ4n) is 1.49. The number of nitrogens with two attached hydrogens (primary N) is 1. The van der Waals surface area contributed by atoms with Crippen LogP contribution in [0.3, 0.4) is 0 Å². The molecule has 0 aliphatic carbocycles. The number of hydrogen-bond donors (Lipinski definition) is 3. The lowest BCUT2D eigenvalue weighted by Crippen LogP contribution is -2.36. The Morgan fingerprint density at radius 3 is 2.24 bits per heavy atom. The van der Waals surface area contributed by atoms with E-state index in [0.717, 1.165) is 0 Å². The number of hydrogen-bond acceptors (Lipinski definition) is 3. The lowest BCUT2D eigenvalue weighted by molar-refractivity contribution is 0.131. The van der Waals surface area contributed by atoms with Crippen molar-refractivity contribution in [3.8, 4) is 5.75 Å². The molecule has 0 spiro atoms. The van der Waals surface area contributed by atoms with Gasteiger partial charge in [-0.25, -0.2) is 0 Å². The zero-order valence-corrected chi connectivity index (χ0v) is 11.4. The molecule has 98 valence electrons. The van der Waals surface area contributed by atoms with Gasteiger partial charge in [-0.15, -0.1) is 12.4 Å². The van der Waals surface area contributed by atoms with E-state index in [0.29, 0.717) is 12.0 Å². The van der Waals surface area contributed by atoms with Crippen LogP contribution in [0.4, 0.5) is 0 Å². The van der Waals surface area contributed by atoms with Crippen LogP contribution in [0.25, 0.3) is 0 Å². The first-order valence-corrected chi connectivity index (χ1v) is 5.54. The zero-order chi connectivity index (χ0) is 12.3. The Hall–Kier alpha value is -0.770. The minimum Gasteiger partial charge on any atom is -0.508 e. The highest BCUT2D eigenvalue weighted by Crippen LogP contribution is 2.30. The van der Waals surface area contributed by atoms with Crippen molar-refractivity contribution in [2.24, 2.45) is 11.1 Å². The molecule has 4 N–H and O–H groups in total. The Kier molecular flexibility index (Phi) is 5.96. The molecule has 17 heavy (non-hydrogen) atoms. The minimum absolute atomic E-state index is 0. The van der Waals surface area contributed by atoms with E-state index in [-0.39, 0.29) is 29.6 Å². The second kappa shape index (κ2) is 6.24. The van der Waals surface area contributed by atoms with Gasteiger partial charge in [-0.3, -0.25) is 0 Å². The zero-order valence-electron chi connectivity index (χ0n) is 10.6. The lowest BCUT2D eigenvalue weighted by Gasteiger charge is -2.29. The Morgan fingerprint density at radius 1 is 1.24 bits per heavy atom. The van der Waals surface area contributed by atoms with E-state index < -0.39 is 6.10 Å². The fourth-order valence-corrected chi connectivity index (χ4v) is 1.49. The molecule has 1 aromatic carbocycles. The standard InChI is InChI=1S/C13H21NO2.ClH/c1-13(2,3)12(14)8-11(16)9-6-4-5-7-10(9)15;/h4-7,11-12,15-16H,8,14H2,1-3H3;1H/t11-,12+;/m0./s1. The van der Waals surface area contributed by atoms with Gasteiger partial charge in [0.2, 0.25) is 0 Å². The first-order valence-electron chi connectivity index (χ1n) is 5.54. The highest BCUT2D eigenvalue weighted by molar-refractivity contribution is 5.85. The van der Waals surface area contributed by atoms with E-state index in [1.807, 2.05) is 20.8 Å². The third kappa shape index (κ3) is 4.54.